The maximum absolute atomic E-state index is 5.88. The molecule has 0 aliphatic heterocycles. The van der Waals surface area contributed by atoms with Crippen LogP contribution < -0.4 is 18.9 Å². The number of hydrogen-bond donors (Lipinski definition) is 0. The molecule has 4 aromatic carbocycles. The summed E-state index contributed by atoms with van der Waals surface area (Å²) in [7, 11) is 6.73. The van der Waals surface area contributed by atoms with E-state index in [4.69, 9.17) is 28.4 Å². The van der Waals surface area contributed by atoms with Crippen LogP contribution in [0.5, 0.6) is 23.0 Å². The van der Waals surface area contributed by atoms with E-state index >= 15 is 0 Å². The molecule has 0 unspecified atom stereocenters. The van der Waals surface area contributed by atoms with E-state index < -0.39 is 0 Å². The lowest BCUT2D eigenvalue weighted by molar-refractivity contribution is 0.134. The van der Waals surface area contributed by atoms with Crippen LogP contribution in [0.3, 0.4) is 0 Å². The van der Waals surface area contributed by atoms with Gasteiger partial charge in [-0.05, 0) is 133 Å². The summed E-state index contributed by atoms with van der Waals surface area (Å²) in [4.78, 5) is 0. The average molecular weight is 647 g/mol. The lowest BCUT2D eigenvalue weighted by Gasteiger charge is -2.10. The minimum atomic E-state index is 0.679. The highest BCUT2D eigenvalue weighted by atomic mass is 16.5. The first-order valence-electron chi connectivity index (χ1n) is 16.4. The summed E-state index contributed by atoms with van der Waals surface area (Å²) in [5.74, 6) is 15.7. The van der Waals surface area contributed by atoms with Crippen LogP contribution in [0.15, 0.2) is 84.9 Å². The fourth-order valence-corrected chi connectivity index (χ4v) is 5.18. The van der Waals surface area contributed by atoms with E-state index in [0.717, 1.165) is 83.8 Å². The number of aryl methyl sites for hydroxylation is 2. The summed E-state index contributed by atoms with van der Waals surface area (Å²) in [6.45, 7) is 2.75. The second-order valence-corrected chi connectivity index (χ2v) is 11.2. The Bertz CT molecular complexity index is 1540. The molecule has 0 aromatic heterocycles. The number of hydrogen-bond acceptors (Lipinski definition) is 6. The van der Waals surface area contributed by atoms with Crippen LogP contribution >= 0.6 is 0 Å². The molecular formula is C42H46O6. The highest BCUT2D eigenvalue weighted by Gasteiger charge is 2.06. The first-order valence-corrected chi connectivity index (χ1v) is 16.4. The van der Waals surface area contributed by atoms with Crippen molar-refractivity contribution in [1.82, 2.24) is 0 Å². The van der Waals surface area contributed by atoms with Crippen molar-refractivity contribution in [2.75, 3.05) is 54.9 Å². The SMILES string of the molecule is COc1ccc(OC)c(CCCOCCc2ccc(C#CC#Cc3ccc(CCOCCCc4cc(OC)ccc4OC)cc3)cc2)c1. The van der Waals surface area contributed by atoms with Crippen molar-refractivity contribution in [3.8, 4) is 46.7 Å². The van der Waals surface area contributed by atoms with Crippen LogP contribution in [0.4, 0.5) is 0 Å². The molecule has 0 spiro atoms. The molecule has 0 saturated carbocycles. The molecular weight excluding hydrogens is 600 g/mol. The second-order valence-electron chi connectivity index (χ2n) is 11.2. The van der Waals surface area contributed by atoms with Crippen LogP contribution in [0.2, 0.25) is 0 Å². The van der Waals surface area contributed by atoms with Crippen molar-refractivity contribution in [2.45, 2.75) is 38.5 Å². The van der Waals surface area contributed by atoms with Gasteiger partial charge in [0.25, 0.3) is 0 Å². The number of methoxy groups -OCH3 is 4. The van der Waals surface area contributed by atoms with Gasteiger partial charge >= 0.3 is 0 Å². The summed E-state index contributed by atoms with van der Waals surface area (Å²) >= 11 is 0. The topological polar surface area (TPSA) is 55.4 Å². The molecule has 0 fully saturated rings. The zero-order valence-electron chi connectivity index (χ0n) is 28.6. The predicted octanol–water partition coefficient (Wildman–Crippen LogP) is 7.51. The van der Waals surface area contributed by atoms with E-state index in [-0.39, 0.29) is 0 Å². The minimum absolute atomic E-state index is 0.679. The molecule has 6 nitrogen and oxygen atoms in total. The van der Waals surface area contributed by atoms with Crippen LogP contribution in [0.25, 0.3) is 0 Å². The molecule has 0 N–H and O–H groups in total. The minimum Gasteiger partial charge on any atom is -0.497 e. The second kappa shape index (κ2) is 20.4. The van der Waals surface area contributed by atoms with Crippen molar-refractivity contribution in [1.29, 1.82) is 0 Å². The zero-order chi connectivity index (χ0) is 33.8. The predicted molar refractivity (Wildman–Crippen MR) is 191 cm³/mol. The molecule has 6 heteroatoms. The van der Waals surface area contributed by atoms with Crippen LogP contribution in [0, 0.1) is 23.7 Å². The van der Waals surface area contributed by atoms with Gasteiger partial charge in [0, 0.05) is 24.3 Å². The highest BCUT2D eigenvalue weighted by Crippen LogP contribution is 2.26. The Kier molecular flexibility index (Phi) is 15.3. The average Bonchev–Trinajstić information content (AvgIpc) is 3.13. The number of benzene rings is 4. The van der Waals surface area contributed by atoms with Crippen LogP contribution in [-0.4, -0.2) is 54.9 Å². The molecule has 0 atom stereocenters. The molecule has 0 radical (unpaired) electrons. The Balaban J connectivity index is 1.10. The first kappa shape index (κ1) is 36.0. The van der Waals surface area contributed by atoms with Crippen molar-refractivity contribution in [3.05, 3.63) is 118 Å². The first-order chi connectivity index (χ1) is 23.6. The van der Waals surface area contributed by atoms with Gasteiger partial charge in [-0.2, -0.15) is 0 Å². The van der Waals surface area contributed by atoms with Gasteiger partial charge < -0.3 is 28.4 Å². The summed E-state index contributed by atoms with van der Waals surface area (Å²) < 4.78 is 33.3. The molecule has 0 aliphatic rings. The van der Waals surface area contributed by atoms with Gasteiger partial charge in [0.2, 0.25) is 0 Å². The van der Waals surface area contributed by atoms with Crippen molar-refractivity contribution in [3.63, 3.8) is 0 Å². The highest BCUT2D eigenvalue weighted by molar-refractivity contribution is 5.45. The summed E-state index contributed by atoms with van der Waals surface area (Å²) in [6, 6.07) is 28.3. The van der Waals surface area contributed by atoms with E-state index in [1.165, 1.54) is 11.1 Å². The van der Waals surface area contributed by atoms with Gasteiger partial charge in [-0.1, -0.05) is 36.1 Å². The summed E-state index contributed by atoms with van der Waals surface area (Å²) in [5, 5.41) is 0. The Hall–Kier alpha value is -4.88. The van der Waals surface area contributed by atoms with Gasteiger partial charge in [-0.25, -0.2) is 0 Å². The van der Waals surface area contributed by atoms with Gasteiger partial charge in [0.1, 0.15) is 23.0 Å². The molecule has 0 bridgehead atoms. The molecule has 4 aromatic rings. The van der Waals surface area contributed by atoms with E-state index in [1.54, 1.807) is 28.4 Å². The normalized spacial score (nSPS) is 10.3. The van der Waals surface area contributed by atoms with Crippen molar-refractivity contribution < 1.29 is 28.4 Å². The third-order valence-electron chi connectivity index (χ3n) is 7.90. The maximum atomic E-state index is 5.88. The van der Waals surface area contributed by atoms with Gasteiger partial charge in [0.05, 0.1) is 41.7 Å². The Labute approximate surface area is 286 Å². The molecule has 4 rings (SSSR count). The van der Waals surface area contributed by atoms with Crippen molar-refractivity contribution in [2.24, 2.45) is 0 Å². The van der Waals surface area contributed by atoms with E-state index in [1.807, 2.05) is 60.7 Å². The van der Waals surface area contributed by atoms with Crippen molar-refractivity contribution >= 4 is 0 Å². The lowest BCUT2D eigenvalue weighted by Crippen LogP contribution is -2.02. The van der Waals surface area contributed by atoms with Gasteiger partial charge in [0.15, 0.2) is 0 Å². The molecule has 48 heavy (non-hydrogen) atoms. The smallest absolute Gasteiger partial charge is 0.122 e. The molecule has 0 heterocycles. The monoisotopic (exact) mass is 646 g/mol. The quantitative estimate of drug-likeness (QED) is 0.0824. The molecule has 0 saturated heterocycles. The third kappa shape index (κ3) is 12.0. The van der Waals surface area contributed by atoms with Crippen LogP contribution in [0.1, 0.15) is 46.2 Å². The number of rotatable bonds is 18. The largest absolute Gasteiger partial charge is 0.497 e. The third-order valence-corrected chi connectivity index (χ3v) is 7.90. The lowest BCUT2D eigenvalue weighted by atomic mass is 10.1. The Morgan fingerprint density at radius 1 is 0.438 bits per heavy atom. The fraction of sp³-hybridized carbons (Fsp3) is 0.333. The maximum Gasteiger partial charge on any atom is 0.122 e. The van der Waals surface area contributed by atoms with Crippen LogP contribution in [-0.2, 0) is 35.2 Å². The zero-order valence-corrected chi connectivity index (χ0v) is 28.6. The standard InChI is InChI=1S/C42H46O6/c1-43-39-21-23-41(45-3)37(31-39)11-7-27-47-29-25-35-17-13-33(14-18-35)9-5-6-10-34-15-19-36(20-16-34)26-30-48-28-8-12-38-32-40(44-2)22-24-42(38)46-4/h13-24,31-32H,7-8,11-12,25-30H2,1-4H3. The number of ether oxygens (including phenoxy) is 6. The van der Waals surface area contributed by atoms with E-state index in [9.17, 15) is 0 Å². The molecule has 0 amide bonds. The Morgan fingerprint density at radius 2 is 0.854 bits per heavy atom. The van der Waals surface area contributed by atoms with E-state index in [0.29, 0.717) is 26.4 Å². The summed E-state index contributed by atoms with van der Waals surface area (Å²) in [6.07, 6.45) is 5.31. The van der Waals surface area contributed by atoms with Gasteiger partial charge in [-0.15, -0.1) is 0 Å². The Morgan fingerprint density at radius 3 is 1.23 bits per heavy atom. The summed E-state index contributed by atoms with van der Waals surface area (Å²) in [5.41, 5.74) is 6.60. The van der Waals surface area contributed by atoms with E-state index in [2.05, 4.69) is 47.9 Å². The molecule has 250 valence electrons. The van der Waals surface area contributed by atoms with Gasteiger partial charge in [-0.3, -0.25) is 0 Å². The molecule has 0 aliphatic carbocycles. The fourth-order valence-electron chi connectivity index (χ4n) is 5.18.